The summed E-state index contributed by atoms with van der Waals surface area (Å²) in [5, 5.41) is 7.58. The Balaban J connectivity index is 1.71. The van der Waals surface area contributed by atoms with Crippen LogP contribution in [0.15, 0.2) is 140 Å². The molecule has 0 bridgehead atoms. The summed E-state index contributed by atoms with van der Waals surface area (Å²) < 4.78 is 2.43. The van der Waals surface area contributed by atoms with Crippen LogP contribution in [-0.2, 0) is 6.42 Å². The zero-order valence-electron chi connectivity index (χ0n) is 20.9. The van der Waals surface area contributed by atoms with Crippen molar-refractivity contribution in [3.63, 3.8) is 0 Å². The molecular formula is C37H25N. The molecule has 38 heavy (non-hydrogen) atoms. The average molecular weight is 484 g/mol. The predicted molar refractivity (Wildman–Crippen MR) is 162 cm³/mol. The molecule has 0 unspecified atom stereocenters. The van der Waals surface area contributed by atoms with Crippen LogP contribution >= 0.6 is 0 Å². The van der Waals surface area contributed by atoms with E-state index < -0.39 is 0 Å². The van der Waals surface area contributed by atoms with Crippen LogP contribution in [-0.4, -0.2) is 4.57 Å². The summed E-state index contributed by atoms with van der Waals surface area (Å²) in [5.41, 5.74) is 9.06. The minimum atomic E-state index is 0.981. The van der Waals surface area contributed by atoms with Crippen molar-refractivity contribution in [3.8, 4) is 16.8 Å². The molecule has 0 radical (unpaired) electrons. The highest BCUT2D eigenvalue weighted by Crippen LogP contribution is 2.42. The Kier molecular flexibility index (Phi) is 4.65. The lowest BCUT2D eigenvalue weighted by Gasteiger charge is -2.13. The summed E-state index contributed by atoms with van der Waals surface area (Å²) in [6.07, 6.45) is 0.981. The van der Waals surface area contributed by atoms with Gasteiger partial charge in [-0.2, -0.15) is 0 Å². The number of fused-ring (bicyclic) bond motifs is 10. The summed E-state index contributed by atoms with van der Waals surface area (Å²) >= 11 is 0. The van der Waals surface area contributed by atoms with E-state index in [1.54, 1.807) is 0 Å². The van der Waals surface area contributed by atoms with Crippen LogP contribution in [0.25, 0.3) is 60.2 Å². The molecule has 1 aromatic heterocycles. The van der Waals surface area contributed by atoms with E-state index in [4.69, 9.17) is 0 Å². The Morgan fingerprint density at radius 1 is 0.368 bits per heavy atom. The second kappa shape index (κ2) is 8.33. The van der Waals surface area contributed by atoms with Gasteiger partial charge in [-0.3, -0.25) is 0 Å². The highest BCUT2D eigenvalue weighted by atomic mass is 15.0. The van der Waals surface area contributed by atoms with E-state index in [0.717, 1.165) is 12.1 Å². The van der Waals surface area contributed by atoms with Gasteiger partial charge < -0.3 is 4.57 Å². The standard InChI is InChI=1S/C37H25N/c1-2-13-27(14-3-1)38-36-20-10-8-18-31(36)29-16-6-7-17-30(29)34-23-26-22-25-12-4-5-15-28(25)33(26)24-35(34)32-19-9-11-21-37(32)38/h1-21,23-24H,22H2. The first-order valence-electron chi connectivity index (χ1n) is 13.3. The van der Waals surface area contributed by atoms with Gasteiger partial charge in [0.25, 0.3) is 0 Å². The fourth-order valence-corrected chi connectivity index (χ4v) is 6.36. The van der Waals surface area contributed by atoms with Crippen LogP contribution in [0.5, 0.6) is 0 Å². The molecule has 178 valence electrons. The van der Waals surface area contributed by atoms with Crippen molar-refractivity contribution in [2.75, 3.05) is 0 Å². The first kappa shape index (κ1) is 21.2. The van der Waals surface area contributed by atoms with Crippen LogP contribution in [0.4, 0.5) is 0 Å². The molecule has 0 fully saturated rings. The predicted octanol–water partition coefficient (Wildman–Crippen LogP) is 9.79. The van der Waals surface area contributed by atoms with Gasteiger partial charge in [0.2, 0.25) is 0 Å². The van der Waals surface area contributed by atoms with Crippen molar-refractivity contribution in [2.45, 2.75) is 6.42 Å². The molecule has 1 heteroatoms. The van der Waals surface area contributed by atoms with Gasteiger partial charge in [0.05, 0.1) is 11.0 Å². The number of para-hydroxylation sites is 3. The Hall–Kier alpha value is -4.88. The molecule has 0 spiro atoms. The number of benzene rings is 6. The van der Waals surface area contributed by atoms with Gasteiger partial charge in [-0.05, 0) is 86.6 Å². The maximum atomic E-state index is 2.46. The Morgan fingerprint density at radius 3 is 1.63 bits per heavy atom. The monoisotopic (exact) mass is 483 g/mol. The van der Waals surface area contributed by atoms with Crippen LogP contribution in [0, 0.1) is 0 Å². The minimum Gasteiger partial charge on any atom is -0.309 e. The Morgan fingerprint density at radius 2 is 0.895 bits per heavy atom. The van der Waals surface area contributed by atoms with Gasteiger partial charge in [-0.25, -0.2) is 0 Å². The summed E-state index contributed by atoms with van der Waals surface area (Å²) in [5.74, 6) is 0. The van der Waals surface area contributed by atoms with Crippen molar-refractivity contribution >= 4 is 43.4 Å². The third kappa shape index (κ3) is 3.12. The van der Waals surface area contributed by atoms with Crippen LogP contribution < -0.4 is 0 Å². The first-order valence-corrected chi connectivity index (χ1v) is 13.3. The SMILES string of the molecule is c1ccc(-n2c3ccccc3c3ccccc3c3cc4c(cc3c3ccccc32)-c2ccccc2C4)cc1. The highest BCUT2D eigenvalue weighted by molar-refractivity contribution is 6.20. The van der Waals surface area contributed by atoms with E-state index in [1.807, 2.05) is 0 Å². The van der Waals surface area contributed by atoms with Gasteiger partial charge in [-0.1, -0.05) is 103 Å². The minimum absolute atomic E-state index is 0.981. The zero-order chi connectivity index (χ0) is 25.1. The Bertz CT molecular complexity index is 2100. The highest BCUT2D eigenvalue weighted by Gasteiger charge is 2.20. The molecule has 1 aliphatic carbocycles. The fraction of sp³-hybridized carbons (Fsp3) is 0.0270. The molecule has 0 saturated heterocycles. The maximum absolute atomic E-state index is 2.46. The lowest BCUT2D eigenvalue weighted by Crippen LogP contribution is -1.97. The smallest absolute Gasteiger partial charge is 0.0540 e. The molecule has 1 aliphatic rings. The van der Waals surface area contributed by atoms with Crippen molar-refractivity contribution in [1.29, 1.82) is 0 Å². The summed E-state index contributed by atoms with van der Waals surface area (Å²) in [6.45, 7) is 0. The van der Waals surface area contributed by atoms with Gasteiger partial charge in [0, 0.05) is 16.5 Å². The van der Waals surface area contributed by atoms with E-state index in [1.165, 1.54) is 65.6 Å². The largest absolute Gasteiger partial charge is 0.309 e. The molecule has 0 saturated carbocycles. The molecule has 0 atom stereocenters. The van der Waals surface area contributed by atoms with Crippen LogP contribution in [0.1, 0.15) is 11.1 Å². The molecule has 1 nitrogen and oxygen atoms in total. The second-order valence-electron chi connectivity index (χ2n) is 10.1. The van der Waals surface area contributed by atoms with Gasteiger partial charge >= 0.3 is 0 Å². The van der Waals surface area contributed by atoms with Crippen LogP contribution in [0.2, 0.25) is 0 Å². The number of aromatic nitrogens is 1. The van der Waals surface area contributed by atoms with E-state index in [0.29, 0.717) is 0 Å². The first-order chi connectivity index (χ1) is 18.9. The number of rotatable bonds is 1. The van der Waals surface area contributed by atoms with Gasteiger partial charge in [0.1, 0.15) is 0 Å². The van der Waals surface area contributed by atoms with Crippen molar-refractivity contribution in [1.82, 2.24) is 4.57 Å². The molecule has 6 aromatic carbocycles. The quantitative estimate of drug-likeness (QED) is 0.219. The van der Waals surface area contributed by atoms with Crippen molar-refractivity contribution < 1.29 is 0 Å². The topological polar surface area (TPSA) is 4.93 Å². The third-order valence-corrected chi connectivity index (χ3v) is 8.03. The molecule has 0 amide bonds. The van der Waals surface area contributed by atoms with Crippen molar-refractivity contribution in [2.24, 2.45) is 0 Å². The van der Waals surface area contributed by atoms with Crippen LogP contribution in [0.3, 0.4) is 0 Å². The fourth-order valence-electron chi connectivity index (χ4n) is 6.36. The molecule has 8 rings (SSSR count). The van der Waals surface area contributed by atoms with Crippen molar-refractivity contribution in [3.05, 3.63) is 151 Å². The number of hydrogen-bond acceptors (Lipinski definition) is 0. The van der Waals surface area contributed by atoms with Gasteiger partial charge in [0.15, 0.2) is 0 Å². The zero-order valence-corrected chi connectivity index (χ0v) is 20.9. The molecule has 0 aliphatic heterocycles. The van der Waals surface area contributed by atoms with Gasteiger partial charge in [-0.15, -0.1) is 0 Å². The lowest BCUT2D eigenvalue weighted by atomic mass is 9.96. The Labute approximate surface area is 221 Å². The molecule has 1 heterocycles. The summed E-state index contributed by atoms with van der Waals surface area (Å²) in [6, 6.07) is 51.1. The molecule has 0 N–H and O–H groups in total. The van der Waals surface area contributed by atoms with E-state index in [2.05, 4.69) is 144 Å². The second-order valence-corrected chi connectivity index (χ2v) is 10.1. The summed E-state index contributed by atoms with van der Waals surface area (Å²) in [7, 11) is 0. The third-order valence-electron chi connectivity index (χ3n) is 8.03. The lowest BCUT2D eigenvalue weighted by molar-refractivity contribution is 1.17. The average Bonchev–Trinajstić information content (AvgIpc) is 3.36. The molecule has 7 aromatic rings. The van der Waals surface area contributed by atoms with E-state index in [-0.39, 0.29) is 0 Å². The summed E-state index contributed by atoms with van der Waals surface area (Å²) in [4.78, 5) is 0. The number of nitrogens with zero attached hydrogens (tertiary/aromatic N) is 1. The maximum Gasteiger partial charge on any atom is 0.0540 e. The number of hydrogen-bond donors (Lipinski definition) is 0. The van der Waals surface area contributed by atoms with E-state index in [9.17, 15) is 0 Å². The normalized spacial score (nSPS) is 12.1. The van der Waals surface area contributed by atoms with E-state index >= 15 is 0 Å². The molecular weight excluding hydrogens is 458 g/mol.